The lowest BCUT2D eigenvalue weighted by atomic mass is 9.90. The SMILES string of the molecule is COc1ccc([C@H]2CC(=O)Nc3c2ncn3-c2cccnc2)cc1. The van der Waals surface area contributed by atoms with E-state index in [4.69, 9.17) is 4.74 Å². The normalized spacial score (nSPS) is 16.4. The lowest BCUT2D eigenvalue weighted by Crippen LogP contribution is -2.24. The van der Waals surface area contributed by atoms with Crippen LogP contribution in [0.15, 0.2) is 55.1 Å². The molecular weight excluding hydrogens is 304 g/mol. The maximum absolute atomic E-state index is 12.2. The Balaban J connectivity index is 1.78. The molecule has 6 nitrogen and oxygen atoms in total. The Morgan fingerprint density at radius 1 is 1.25 bits per heavy atom. The van der Waals surface area contributed by atoms with E-state index in [1.54, 1.807) is 25.8 Å². The van der Waals surface area contributed by atoms with Crippen molar-refractivity contribution in [2.45, 2.75) is 12.3 Å². The fourth-order valence-corrected chi connectivity index (χ4v) is 3.01. The van der Waals surface area contributed by atoms with Crippen LogP contribution in [0, 0.1) is 0 Å². The number of carbonyl (C=O) groups excluding carboxylic acids is 1. The third-order valence-corrected chi connectivity index (χ3v) is 4.22. The molecule has 1 aromatic carbocycles. The average molecular weight is 320 g/mol. The molecule has 1 aliphatic heterocycles. The van der Waals surface area contributed by atoms with Gasteiger partial charge in [-0.2, -0.15) is 0 Å². The largest absolute Gasteiger partial charge is 0.497 e. The Labute approximate surface area is 139 Å². The summed E-state index contributed by atoms with van der Waals surface area (Å²) in [5.74, 6) is 1.41. The van der Waals surface area contributed by atoms with Gasteiger partial charge in [-0.25, -0.2) is 4.98 Å². The van der Waals surface area contributed by atoms with E-state index in [9.17, 15) is 4.79 Å². The quantitative estimate of drug-likeness (QED) is 0.805. The van der Waals surface area contributed by atoms with Crippen molar-refractivity contribution >= 4 is 11.7 Å². The number of aromatic nitrogens is 3. The fraction of sp³-hybridized carbons (Fsp3) is 0.167. The number of fused-ring (bicyclic) bond motifs is 1. The van der Waals surface area contributed by atoms with Gasteiger partial charge in [-0.15, -0.1) is 0 Å². The van der Waals surface area contributed by atoms with E-state index in [-0.39, 0.29) is 11.8 Å². The maximum atomic E-state index is 12.2. The molecule has 1 amide bonds. The van der Waals surface area contributed by atoms with Crippen LogP contribution in [-0.4, -0.2) is 27.6 Å². The Morgan fingerprint density at radius 3 is 2.79 bits per heavy atom. The molecule has 3 aromatic rings. The molecule has 4 rings (SSSR count). The highest BCUT2D eigenvalue weighted by atomic mass is 16.5. The van der Waals surface area contributed by atoms with Crippen LogP contribution in [0.2, 0.25) is 0 Å². The van der Waals surface area contributed by atoms with E-state index in [2.05, 4.69) is 15.3 Å². The number of rotatable bonds is 3. The monoisotopic (exact) mass is 320 g/mol. The first-order valence-electron chi connectivity index (χ1n) is 7.67. The second kappa shape index (κ2) is 5.81. The summed E-state index contributed by atoms with van der Waals surface area (Å²) in [6, 6.07) is 11.6. The predicted molar refractivity (Wildman–Crippen MR) is 89.4 cm³/mol. The van der Waals surface area contributed by atoms with E-state index in [1.807, 2.05) is 41.0 Å². The van der Waals surface area contributed by atoms with Gasteiger partial charge in [-0.05, 0) is 29.8 Å². The Hall–Kier alpha value is -3.15. The molecule has 120 valence electrons. The topological polar surface area (TPSA) is 69.0 Å². The molecule has 1 aliphatic rings. The Morgan fingerprint density at radius 2 is 2.08 bits per heavy atom. The van der Waals surface area contributed by atoms with Gasteiger partial charge in [-0.1, -0.05) is 12.1 Å². The molecular formula is C18H16N4O2. The van der Waals surface area contributed by atoms with Crippen LogP contribution in [0.25, 0.3) is 5.69 Å². The zero-order valence-corrected chi connectivity index (χ0v) is 13.1. The van der Waals surface area contributed by atoms with Crippen LogP contribution >= 0.6 is 0 Å². The second-order valence-corrected chi connectivity index (χ2v) is 5.64. The highest BCUT2D eigenvalue weighted by Crippen LogP contribution is 2.37. The molecule has 0 aliphatic carbocycles. The summed E-state index contributed by atoms with van der Waals surface area (Å²) in [7, 11) is 1.64. The van der Waals surface area contributed by atoms with Crippen LogP contribution in [0.3, 0.4) is 0 Å². The number of ether oxygens (including phenoxy) is 1. The van der Waals surface area contributed by atoms with Crippen LogP contribution in [0.1, 0.15) is 23.6 Å². The minimum atomic E-state index is -0.0717. The third kappa shape index (κ3) is 2.42. The van der Waals surface area contributed by atoms with E-state index in [0.29, 0.717) is 12.2 Å². The first kappa shape index (κ1) is 14.4. The Bertz CT molecular complexity index is 872. The summed E-state index contributed by atoms with van der Waals surface area (Å²) >= 11 is 0. The number of carbonyl (C=O) groups is 1. The molecule has 24 heavy (non-hydrogen) atoms. The zero-order valence-electron chi connectivity index (χ0n) is 13.1. The summed E-state index contributed by atoms with van der Waals surface area (Å²) in [6.07, 6.45) is 5.56. The first-order chi connectivity index (χ1) is 11.8. The van der Waals surface area contributed by atoms with Gasteiger partial charge in [-0.3, -0.25) is 14.3 Å². The zero-order chi connectivity index (χ0) is 16.5. The number of nitrogens with zero attached hydrogens (tertiary/aromatic N) is 3. The van der Waals surface area contributed by atoms with Crippen molar-refractivity contribution in [1.82, 2.24) is 14.5 Å². The standard InChI is InChI=1S/C18H16N4O2/c1-24-14-6-4-12(5-7-14)15-9-16(23)21-18-17(15)20-11-22(18)13-3-2-8-19-10-13/h2-8,10-11,15H,9H2,1H3,(H,21,23)/t15-/m1/s1. The number of methoxy groups -OCH3 is 1. The minimum Gasteiger partial charge on any atom is -0.497 e. The number of nitrogens with one attached hydrogen (secondary N) is 1. The number of anilines is 1. The number of hydrogen-bond donors (Lipinski definition) is 1. The van der Waals surface area contributed by atoms with Gasteiger partial charge < -0.3 is 10.1 Å². The molecule has 0 saturated carbocycles. The van der Waals surface area contributed by atoms with Gasteiger partial charge in [0.25, 0.3) is 0 Å². The number of hydrogen-bond acceptors (Lipinski definition) is 4. The van der Waals surface area contributed by atoms with E-state index in [0.717, 1.165) is 22.7 Å². The van der Waals surface area contributed by atoms with Gasteiger partial charge in [0.2, 0.25) is 5.91 Å². The molecule has 0 fully saturated rings. The summed E-state index contributed by atoms with van der Waals surface area (Å²) in [6.45, 7) is 0. The van der Waals surface area contributed by atoms with Crippen LogP contribution in [0.4, 0.5) is 5.82 Å². The molecule has 0 radical (unpaired) electrons. The van der Waals surface area contributed by atoms with Gasteiger partial charge in [0, 0.05) is 18.5 Å². The second-order valence-electron chi connectivity index (χ2n) is 5.64. The maximum Gasteiger partial charge on any atom is 0.226 e. The van der Waals surface area contributed by atoms with Crippen molar-refractivity contribution in [2.24, 2.45) is 0 Å². The number of amides is 1. The smallest absolute Gasteiger partial charge is 0.226 e. The molecule has 0 bridgehead atoms. The summed E-state index contributed by atoms with van der Waals surface area (Å²) < 4.78 is 7.06. The molecule has 2 aromatic heterocycles. The number of pyridine rings is 1. The van der Waals surface area contributed by atoms with Crippen LogP contribution in [0.5, 0.6) is 5.75 Å². The van der Waals surface area contributed by atoms with Gasteiger partial charge >= 0.3 is 0 Å². The Kier molecular flexibility index (Phi) is 3.49. The lowest BCUT2D eigenvalue weighted by molar-refractivity contribution is -0.116. The van der Waals surface area contributed by atoms with Gasteiger partial charge in [0.05, 0.1) is 24.7 Å². The van der Waals surface area contributed by atoms with Gasteiger partial charge in [0.1, 0.15) is 17.9 Å². The first-order valence-corrected chi connectivity index (χ1v) is 7.67. The average Bonchev–Trinajstić information content (AvgIpc) is 3.05. The van der Waals surface area contributed by atoms with Crippen molar-refractivity contribution in [3.05, 3.63) is 66.4 Å². The molecule has 1 atom stereocenters. The molecule has 3 heterocycles. The van der Waals surface area contributed by atoms with E-state index >= 15 is 0 Å². The predicted octanol–water partition coefficient (Wildman–Crippen LogP) is 2.75. The van der Waals surface area contributed by atoms with Crippen LogP contribution in [-0.2, 0) is 4.79 Å². The van der Waals surface area contributed by atoms with Crippen molar-refractivity contribution in [3.8, 4) is 11.4 Å². The lowest BCUT2D eigenvalue weighted by Gasteiger charge is -2.23. The van der Waals surface area contributed by atoms with Crippen molar-refractivity contribution in [3.63, 3.8) is 0 Å². The van der Waals surface area contributed by atoms with Crippen molar-refractivity contribution in [1.29, 1.82) is 0 Å². The van der Waals surface area contributed by atoms with Gasteiger partial charge in [0.15, 0.2) is 0 Å². The summed E-state index contributed by atoms with van der Waals surface area (Å²) in [5.41, 5.74) is 2.77. The molecule has 1 N–H and O–H groups in total. The molecule has 0 spiro atoms. The van der Waals surface area contributed by atoms with Crippen molar-refractivity contribution in [2.75, 3.05) is 12.4 Å². The van der Waals surface area contributed by atoms with Crippen molar-refractivity contribution < 1.29 is 9.53 Å². The summed E-state index contributed by atoms with van der Waals surface area (Å²) in [4.78, 5) is 20.9. The molecule has 6 heteroatoms. The summed E-state index contributed by atoms with van der Waals surface area (Å²) in [5, 5.41) is 2.94. The molecule has 0 unspecified atom stereocenters. The third-order valence-electron chi connectivity index (χ3n) is 4.22. The van der Waals surface area contributed by atoms with Crippen LogP contribution < -0.4 is 10.1 Å². The fourth-order valence-electron chi connectivity index (χ4n) is 3.01. The number of imidazole rings is 1. The molecule has 0 saturated heterocycles. The van der Waals surface area contributed by atoms with E-state index in [1.165, 1.54) is 0 Å². The highest BCUT2D eigenvalue weighted by molar-refractivity contribution is 5.94. The highest BCUT2D eigenvalue weighted by Gasteiger charge is 2.30. The minimum absolute atomic E-state index is 0.0195. The number of benzene rings is 1. The van der Waals surface area contributed by atoms with E-state index < -0.39 is 0 Å².